The number of benzene rings is 1. The molecule has 0 aliphatic heterocycles. The van der Waals surface area contributed by atoms with Crippen LogP contribution in [-0.2, 0) is 6.54 Å². The average Bonchev–Trinajstić information content (AvgIpc) is 2.31. The minimum atomic E-state index is 0.906. The summed E-state index contributed by atoms with van der Waals surface area (Å²) in [6.07, 6.45) is 4.22. The second-order valence-electron chi connectivity index (χ2n) is 5.24. The van der Waals surface area contributed by atoms with Gasteiger partial charge in [0.15, 0.2) is 0 Å². The topological polar surface area (TPSA) is 15.3 Å². The van der Waals surface area contributed by atoms with E-state index in [1.807, 2.05) is 0 Å². The van der Waals surface area contributed by atoms with E-state index in [0.717, 1.165) is 19.0 Å². The molecule has 1 aliphatic carbocycles. The second kappa shape index (κ2) is 6.58. The van der Waals surface area contributed by atoms with E-state index < -0.39 is 0 Å². The van der Waals surface area contributed by atoms with Gasteiger partial charge in [0.1, 0.15) is 0 Å². The van der Waals surface area contributed by atoms with Gasteiger partial charge in [0, 0.05) is 24.6 Å². The van der Waals surface area contributed by atoms with Crippen molar-refractivity contribution in [2.45, 2.75) is 32.7 Å². The van der Waals surface area contributed by atoms with Crippen LogP contribution in [0.1, 0.15) is 31.7 Å². The number of hydrogen-bond donors (Lipinski definition) is 1. The fourth-order valence-electron chi connectivity index (χ4n) is 2.40. The Balaban J connectivity index is 1.98. The SMILES string of the molecule is CCNCc1ccc(N(C)CC2CCC2)c(Br)c1. The van der Waals surface area contributed by atoms with Gasteiger partial charge in [0.2, 0.25) is 0 Å². The first-order valence-corrected chi connectivity index (χ1v) is 7.70. The van der Waals surface area contributed by atoms with Crippen LogP contribution in [0, 0.1) is 5.92 Å². The molecule has 1 saturated carbocycles. The Kier molecular flexibility index (Phi) is 5.07. The number of nitrogens with one attached hydrogen (secondary N) is 1. The largest absolute Gasteiger partial charge is 0.373 e. The summed E-state index contributed by atoms with van der Waals surface area (Å²) < 4.78 is 1.21. The Hall–Kier alpha value is -0.540. The third kappa shape index (κ3) is 3.48. The Bertz CT molecular complexity index is 388. The molecular formula is C15H23BrN2. The number of rotatable bonds is 6. The van der Waals surface area contributed by atoms with Crippen molar-refractivity contribution >= 4 is 21.6 Å². The maximum atomic E-state index is 3.70. The smallest absolute Gasteiger partial charge is 0.0508 e. The predicted molar refractivity (Wildman–Crippen MR) is 82.1 cm³/mol. The molecule has 1 N–H and O–H groups in total. The summed E-state index contributed by atoms with van der Waals surface area (Å²) in [6, 6.07) is 6.69. The first-order chi connectivity index (χ1) is 8.70. The van der Waals surface area contributed by atoms with Gasteiger partial charge in [-0.1, -0.05) is 19.4 Å². The maximum absolute atomic E-state index is 3.70. The van der Waals surface area contributed by atoms with Gasteiger partial charge in [0.05, 0.1) is 5.69 Å². The highest BCUT2D eigenvalue weighted by atomic mass is 79.9. The molecule has 0 amide bonds. The zero-order valence-corrected chi connectivity index (χ0v) is 13.0. The lowest BCUT2D eigenvalue weighted by Crippen LogP contribution is -2.29. The molecule has 1 aromatic rings. The maximum Gasteiger partial charge on any atom is 0.0508 e. The van der Waals surface area contributed by atoms with Crippen LogP contribution in [-0.4, -0.2) is 20.1 Å². The van der Waals surface area contributed by atoms with Crippen molar-refractivity contribution in [3.63, 3.8) is 0 Å². The molecule has 3 heteroatoms. The fraction of sp³-hybridized carbons (Fsp3) is 0.600. The molecule has 100 valence electrons. The highest BCUT2D eigenvalue weighted by molar-refractivity contribution is 9.10. The van der Waals surface area contributed by atoms with Gasteiger partial charge in [-0.3, -0.25) is 0 Å². The van der Waals surface area contributed by atoms with Crippen molar-refractivity contribution in [1.29, 1.82) is 0 Å². The van der Waals surface area contributed by atoms with E-state index in [0.29, 0.717) is 0 Å². The summed E-state index contributed by atoms with van der Waals surface area (Å²) in [5.41, 5.74) is 2.65. The van der Waals surface area contributed by atoms with Gasteiger partial charge in [-0.05, 0) is 58.9 Å². The summed E-state index contributed by atoms with van der Waals surface area (Å²) in [6.45, 7) is 5.28. The second-order valence-corrected chi connectivity index (χ2v) is 6.10. The van der Waals surface area contributed by atoms with Crippen LogP contribution in [0.15, 0.2) is 22.7 Å². The molecule has 0 radical (unpaired) electrons. The molecule has 2 nitrogen and oxygen atoms in total. The van der Waals surface area contributed by atoms with Crippen molar-refractivity contribution < 1.29 is 0 Å². The highest BCUT2D eigenvalue weighted by Crippen LogP contribution is 2.31. The van der Waals surface area contributed by atoms with Crippen LogP contribution in [0.3, 0.4) is 0 Å². The van der Waals surface area contributed by atoms with E-state index in [4.69, 9.17) is 0 Å². The molecule has 0 spiro atoms. The van der Waals surface area contributed by atoms with Crippen molar-refractivity contribution in [1.82, 2.24) is 5.32 Å². The molecule has 0 atom stereocenters. The molecule has 0 saturated heterocycles. The van der Waals surface area contributed by atoms with Crippen LogP contribution < -0.4 is 10.2 Å². The number of hydrogen-bond acceptors (Lipinski definition) is 2. The molecular weight excluding hydrogens is 288 g/mol. The van der Waals surface area contributed by atoms with Gasteiger partial charge in [0.25, 0.3) is 0 Å². The van der Waals surface area contributed by atoms with Crippen LogP contribution in [0.4, 0.5) is 5.69 Å². The van der Waals surface area contributed by atoms with Crippen LogP contribution >= 0.6 is 15.9 Å². The predicted octanol–water partition coefficient (Wildman–Crippen LogP) is 3.79. The lowest BCUT2D eigenvalue weighted by Gasteiger charge is -2.31. The minimum Gasteiger partial charge on any atom is -0.373 e. The van der Waals surface area contributed by atoms with Crippen LogP contribution in [0.2, 0.25) is 0 Å². The number of nitrogens with zero attached hydrogens (tertiary/aromatic N) is 1. The van der Waals surface area contributed by atoms with Crippen molar-refractivity contribution in [3.8, 4) is 0 Å². The Morgan fingerprint density at radius 1 is 1.39 bits per heavy atom. The Labute approximate surface area is 119 Å². The van der Waals surface area contributed by atoms with Crippen LogP contribution in [0.5, 0.6) is 0 Å². The molecule has 0 heterocycles. The molecule has 1 aromatic carbocycles. The van der Waals surface area contributed by atoms with Crippen molar-refractivity contribution in [2.24, 2.45) is 5.92 Å². The average molecular weight is 311 g/mol. The molecule has 2 rings (SSSR count). The highest BCUT2D eigenvalue weighted by Gasteiger charge is 2.19. The molecule has 18 heavy (non-hydrogen) atoms. The summed E-state index contributed by atoms with van der Waals surface area (Å²) >= 11 is 3.70. The molecule has 1 fully saturated rings. The van der Waals surface area contributed by atoms with Gasteiger partial charge in [-0.15, -0.1) is 0 Å². The first-order valence-electron chi connectivity index (χ1n) is 6.91. The van der Waals surface area contributed by atoms with E-state index in [9.17, 15) is 0 Å². The summed E-state index contributed by atoms with van der Waals surface area (Å²) in [7, 11) is 2.20. The number of anilines is 1. The van der Waals surface area contributed by atoms with E-state index >= 15 is 0 Å². The first kappa shape index (κ1) is 13.9. The zero-order valence-electron chi connectivity index (χ0n) is 11.4. The van der Waals surface area contributed by atoms with Crippen molar-refractivity contribution in [3.05, 3.63) is 28.2 Å². The van der Waals surface area contributed by atoms with Gasteiger partial charge in [-0.25, -0.2) is 0 Å². The van der Waals surface area contributed by atoms with Gasteiger partial charge in [-0.2, -0.15) is 0 Å². The number of halogens is 1. The van der Waals surface area contributed by atoms with E-state index in [2.05, 4.69) is 58.3 Å². The van der Waals surface area contributed by atoms with Gasteiger partial charge < -0.3 is 10.2 Å². The zero-order chi connectivity index (χ0) is 13.0. The lowest BCUT2D eigenvalue weighted by molar-refractivity contribution is 0.321. The Morgan fingerprint density at radius 3 is 2.72 bits per heavy atom. The lowest BCUT2D eigenvalue weighted by atomic mass is 9.85. The van der Waals surface area contributed by atoms with Crippen LogP contribution in [0.25, 0.3) is 0 Å². The van der Waals surface area contributed by atoms with E-state index in [1.54, 1.807) is 0 Å². The molecule has 1 aliphatic rings. The molecule has 0 unspecified atom stereocenters. The third-order valence-corrected chi connectivity index (χ3v) is 4.39. The fourth-order valence-corrected chi connectivity index (χ4v) is 3.13. The molecule has 0 bridgehead atoms. The normalized spacial score (nSPS) is 15.5. The quantitative estimate of drug-likeness (QED) is 0.860. The summed E-state index contributed by atoms with van der Waals surface area (Å²) in [4.78, 5) is 2.38. The minimum absolute atomic E-state index is 0.906. The van der Waals surface area contributed by atoms with E-state index in [-0.39, 0.29) is 0 Å². The van der Waals surface area contributed by atoms with Gasteiger partial charge >= 0.3 is 0 Å². The van der Waals surface area contributed by atoms with Crippen molar-refractivity contribution in [2.75, 3.05) is 25.0 Å². The Morgan fingerprint density at radius 2 is 2.17 bits per heavy atom. The molecule has 0 aromatic heterocycles. The monoisotopic (exact) mass is 310 g/mol. The third-order valence-electron chi connectivity index (χ3n) is 3.76. The summed E-state index contributed by atoms with van der Waals surface area (Å²) in [5.74, 6) is 0.906. The van der Waals surface area contributed by atoms with E-state index in [1.165, 1.54) is 41.5 Å². The summed E-state index contributed by atoms with van der Waals surface area (Å²) in [5, 5.41) is 3.36. The standard InChI is InChI=1S/C15H23BrN2/c1-3-17-10-13-7-8-15(14(16)9-13)18(2)11-12-5-4-6-12/h7-9,12,17H,3-6,10-11H2,1-2H3.